The lowest BCUT2D eigenvalue weighted by Gasteiger charge is -2.40. The fraction of sp³-hybridized carbons (Fsp3) is 0.241. The molecule has 182 valence electrons. The third-order valence-corrected chi connectivity index (χ3v) is 7.51. The maximum atomic E-state index is 12.5. The fourth-order valence-corrected chi connectivity index (χ4v) is 5.84. The molecule has 0 saturated carbocycles. The molecule has 0 bridgehead atoms. The first-order valence-corrected chi connectivity index (χ1v) is 12.0. The molecule has 4 atom stereocenters. The minimum absolute atomic E-state index is 0.217. The van der Waals surface area contributed by atoms with Crippen molar-refractivity contribution in [1.82, 2.24) is 9.55 Å². The Morgan fingerprint density at radius 3 is 1.89 bits per heavy atom. The minimum atomic E-state index is -1.33. The van der Waals surface area contributed by atoms with Gasteiger partial charge in [-0.2, -0.15) is 0 Å². The first-order chi connectivity index (χ1) is 17.5. The number of rotatable bonds is 6. The monoisotopic (exact) mass is 482 g/mol. The van der Waals surface area contributed by atoms with E-state index >= 15 is 0 Å². The first-order valence-electron chi connectivity index (χ1n) is 12.0. The van der Waals surface area contributed by atoms with Crippen LogP contribution in [0.4, 0.5) is 0 Å². The normalized spacial score (nSPS) is 23.7. The average molecular weight is 483 g/mol. The van der Waals surface area contributed by atoms with Crippen molar-refractivity contribution in [2.24, 2.45) is 0 Å². The predicted octanol–water partition coefficient (Wildman–Crippen LogP) is 2.91. The number of fused-ring (bicyclic) bond motifs is 1. The van der Waals surface area contributed by atoms with Gasteiger partial charge >= 0.3 is 5.69 Å². The SMILES string of the molecule is Cc1cn(C(O)[C@H]2OC[C@]3(C(c4ccccc4)(c4ccccc4)c4ccccc4)O[C@@H]23)c(=O)[nH]c1=O. The molecular formula is C29H26N2O5. The van der Waals surface area contributed by atoms with Gasteiger partial charge in [-0.25, -0.2) is 4.79 Å². The van der Waals surface area contributed by atoms with Crippen LogP contribution < -0.4 is 11.2 Å². The van der Waals surface area contributed by atoms with Crippen LogP contribution in [0.25, 0.3) is 0 Å². The number of benzene rings is 3. The first kappa shape index (κ1) is 22.7. The molecule has 0 amide bonds. The van der Waals surface area contributed by atoms with Gasteiger partial charge in [0.15, 0.2) is 6.23 Å². The highest BCUT2D eigenvalue weighted by Crippen LogP contribution is 2.63. The van der Waals surface area contributed by atoms with E-state index < -0.39 is 40.7 Å². The van der Waals surface area contributed by atoms with Crippen LogP contribution in [0.15, 0.2) is 107 Å². The number of hydrogen-bond donors (Lipinski definition) is 2. The molecule has 3 heterocycles. The number of aliphatic hydroxyl groups excluding tert-OH is 1. The summed E-state index contributed by atoms with van der Waals surface area (Å²) in [5.74, 6) is 0. The third-order valence-electron chi connectivity index (χ3n) is 7.51. The number of epoxide rings is 1. The summed E-state index contributed by atoms with van der Waals surface area (Å²) in [6.45, 7) is 1.80. The Kier molecular flexibility index (Phi) is 5.30. The van der Waals surface area contributed by atoms with Crippen molar-refractivity contribution >= 4 is 0 Å². The summed E-state index contributed by atoms with van der Waals surface area (Å²) in [5.41, 5.74) is 0.721. The number of aryl methyl sites for hydroxylation is 1. The molecule has 1 aromatic heterocycles. The molecule has 7 nitrogen and oxygen atoms in total. The zero-order chi connectivity index (χ0) is 24.9. The van der Waals surface area contributed by atoms with E-state index in [0.29, 0.717) is 5.56 Å². The van der Waals surface area contributed by atoms with Gasteiger partial charge in [0.1, 0.15) is 17.8 Å². The van der Waals surface area contributed by atoms with Crippen molar-refractivity contribution in [3.05, 3.63) is 140 Å². The van der Waals surface area contributed by atoms with Crippen LogP contribution >= 0.6 is 0 Å². The summed E-state index contributed by atoms with van der Waals surface area (Å²) in [7, 11) is 0. The number of hydrogen-bond acceptors (Lipinski definition) is 5. The van der Waals surface area contributed by atoms with Crippen LogP contribution in [0.5, 0.6) is 0 Å². The Balaban J connectivity index is 1.52. The molecule has 2 N–H and O–H groups in total. The second-order valence-electron chi connectivity index (χ2n) is 9.44. The van der Waals surface area contributed by atoms with E-state index in [2.05, 4.69) is 41.4 Å². The van der Waals surface area contributed by atoms with E-state index in [1.165, 1.54) is 6.20 Å². The van der Waals surface area contributed by atoms with Crippen LogP contribution in [-0.4, -0.2) is 39.1 Å². The van der Waals surface area contributed by atoms with Crippen LogP contribution in [-0.2, 0) is 14.9 Å². The van der Waals surface area contributed by atoms with Crippen molar-refractivity contribution in [1.29, 1.82) is 0 Å². The summed E-state index contributed by atoms with van der Waals surface area (Å²) < 4.78 is 13.9. The highest BCUT2D eigenvalue weighted by molar-refractivity contribution is 5.57. The molecule has 2 aliphatic rings. The van der Waals surface area contributed by atoms with Crippen molar-refractivity contribution in [3.8, 4) is 0 Å². The zero-order valence-corrected chi connectivity index (χ0v) is 19.7. The highest BCUT2D eigenvalue weighted by Gasteiger charge is 2.77. The number of aromatic nitrogens is 2. The molecule has 6 rings (SSSR count). The van der Waals surface area contributed by atoms with Crippen molar-refractivity contribution < 1.29 is 14.6 Å². The Bertz CT molecular complexity index is 1400. The van der Waals surface area contributed by atoms with Gasteiger partial charge in [0, 0.05) is 11.8 Å². The van der Waals surface area contributed by atoms with Crippen molar-refractivity contribution in [3.63, 3.8) is 0 Å². The van der Waals surface area contributed by atoms with Crippen LogP contribution in [0.1, 0.15) is 28.5 Å². The van der Waals surface area contributed by atoms with E-state index in [4.69, 9.17) is 9.47 Å². The van der Waals surface area contributed by atoms with Gasteiger partial charge in [0.25, 0.3) is 5.56 Å². The molecule has 0 radical (unpaired) electrons. The van der Waals surface area contributed by atoms with E-state index in [1.807, 2.05) is 54.6 Å². The highest BCUT2D eigenvalue weighted by atomic mass is 16.7. The Morgan fingerprint density at radius 2 is 1.42 bits per heavy atom. The quantitative estimate of drug-likeness (QED) is 0.325. The molecular weight excluding hydrogens is 456 g/mol. The second kappa shape index (κ2) is 8.41. The lowest BCUT2D eigenvalue weighted by atomic mass is 9.60. The van der Waals surface area contributed by atoms with Gasteiger partial charge in [0.05, 0.1) is 12.0 Å². The van der Waals surface area contributed by atoms with Crippen molar-refractivity contribution in [2.45, 2.75) is 36.4 Å². The minimum Gasteiger partial charge on any atom is -0.370 e. The van der Waals surface area contributed by atoms with Gasteiger partial charge in [-0.1, -0.05) is 91.0 Å². The number of nitrogens with one attached hydrogen (secondary N) is 1. The van der Waals surface area contributed by atoms with Gasteiger partial charge in [0.2, 0.25) is 0 Å². The molecule has 3 aromatic carbocycles. The van der Waals surface area contributed by atoms with E-state index in [-0.39, 0.29) is 6.61 Å². The Hall–Kier alpha value is -3.78. The second-order valence-corrected chi connectivity index (χ2v) is 9.44. The zero-order valence-electron chi connectivity index (χ0n) is 19.7. The third kappa shape index (κ3) is 3.17. The molecule has 7 heteroatoms. The van der Waals surface area contributed by atoms with E-state index in [1.54, 1.807) is 6.92 Å². The number of aromatic amines is 1. The number of aliphatic hydroxyl groups is 1. The van der Waals surface area contributed by atoms with Crippen LogP contribution in [0, 0.1) is 6.92 Å². The van der Waals surface area contributed by atoms with Crippen LogP contribution in [0.2, 0.25) is 0 Å². The number of ether oxygens (including phenoxy) is 2. The molecule has 2 saturated heterocycles. The molecule has 0 spiro atoms. The summed E-state index contributed by atoms with van der Waals surface area (Å²) in [6.07, 6.45) is -1.27. The molecule has 1 unspecified atom stereocenters. The number of nitrogens with zero attached hydrogens (tertiary/aromatic N) is 1. The fourth-order valence-electron chi connectivity index (χ4n) is 5.84. The molecule has 36 heavy (non-hydrogen) atoms. The predicted molar refractivity (Wildman–Crippen MR) is 134 cm³/mol. The average Bonchev–Trinajstić information content (AvgIpc) is 3.52. The van der Waals surface area contributed by atoms with E-state index in [9.17, 15) is 14.7 Å². The van der Waals surface area contributed by atoms with Gasteiger partial charge in [-0.05, 0) is 23.6 Å². The maximum absolute atomic E-state index is 12.5. The lowest BCUT2D eigenvalue weighted by Crippen LogP contribution is -2.47. The van der Waals surface area contributed by atoms with Gasteiger partial charge < -0.3 is 14.6 Å². The molecule has 0 aliphatic carbocycles. The van der Waals surface area contributed by atoms with Crippen LogP contribution in [0.3, 0.4) is 0 Å². The summed E-state index contributed by atoms with van der Waals surface area (Å²) in [6, 6.07) is 30.5. The smallest absolute Gasteiger partial charge is 0.330 e. The summed E-state index contributed by atoms with van der Waals surface area (Å²) in [4.78, 5) is 26.6. The topological polar surface area (TPSA) is 96.8 Å². The van der Waals surface area contributed by atoms with E-state index in [0.717, 1.165) is 21.3 Å². The summed E-state index contributed by atoms with van der Waals surface area (Å²) in [5, 5.41) is 11.2. The standard InChI is InChI=1S/C29H26N2O5/c1-19-17-31(27(34)30-25(19)32)26(33)23-24-28(36-24,18-35-23)29(20-11-5-2-6-12-20,21-13-7-3-8-14-21)22-15-9-4-10-16-22/h2-17,23-24,26,33H,18H2,1H3,(H,30,32,34)/t23-,24-,26?,28-/m0/s1. The summed E-state index contributed by atoms with van der Waals surface area (Å²) >= 11 is 0. The number of H-pyrrole nitrogens is 1. The molecule has 2 aliphatic heterocycles. The molecule has 2 fully saturated rings. The lowest BCUT2D eigenvalue weighted by molar-refractivity contribution is -0.0905. The largest absolute Gasteiger partial charge is 0.370 e. The maximum Gasteiger partial charge on any atom is 0.330 e. The van der Waals surface area contributed by atoms with Gasteiger partial charge in [-0.15, -0.1) is 0 Å². The van der Waals surface area contributed by atoms with Crippen molar-refractivity contribution in [2.75, 3.05) is 6.61 Å². The Labute approximate surface area is 207 Å². The molecule has 4 aromatic rings. The Morgan fingerprint density at radius 1 is 0.917 bits per heavy atom. The van der Waals surface area contributed by atoms with Gasteiger partial charge in [-0.3, -0.25) is 14.3 Å².